The predicted octanol–water partition coefficient (Wildman–Crippen LogP) is 3.36. The number of benzene rings is 1. The zero-order chi connectivity index (χ0) is 17.3. The number of hydrogen-bond acceptors (Lipinski definition) is 3. The first-order valence-electron chi connectivity index (χ1n) is 9.59. The summed E-state index contributed by atoms with van der Waals surface area (Å²) in [5.41, 5.74) is 0.515. The van der Waals surface area contributed by atoms with Crippen molar-refractivity contribution < 1.29 is 13.9 Å². The number of morpholine rings is 1. The lowest BCUT2D eigenvalue weighted by Gasteiger charge is -2.42. The minimum absolute atomic E-state index is 0.0332. The monoisotopic (exact) mass is 346 g/mol. The molecule has 1 amide bonds. The van der Waals surface area contributed by atoms with Gasteiger partial charge in [-0.3, -0.25) is 4.79 Å². The molecule has 0 aromatic heterocycles. The van der Waals surface area contributed by atoms with Gasteiger partial charge >= 0.3 is 0 Å². The quantitative estimate of drug-likeness (QED) is 0.823. The Morgan fingerprint density at radius 3 is 2.56 bits per heavy atom. The SMILES string of the molecule is O=C1COC2(CCCN(C3CCCC3)CC2)CN1c1ccc(F)cc1. The number of rotatable bonds is 2. The van der Waals surface area contributed by atoms with Crippen LogP contribution in [0.15, 0.2) is 24.3 Å². The van der Waals surface area contributed by atoms with E-state index in [9.17, 15) is 9.18 Å². The van der Waals surface area contributed by atoms with Crippen LogP contribution in [-0.2, 0) is 9.53 Å². The fraction of sp³-hybridized carbons (Fsp3) is 0.650. The van der Waals surface area contributed by atoms with E-state index < -0.39 is 0 Å². The van der Waals surface area contributed by atoms with Gasteiger partial charge in [0.1, 0.15) is 12.4 Å². The summed E-state index contributed by atoms with van der Waals surface area (Å²) in [4.78, 5) is 16.8. The van der Waals surface area contributed by atoms with Gasteiger partial charge in [-0.05, 0) is 62.9 Å². The average Bonchev–Trinajstić information content (AvgIpc) is 3.08. The Bertz CT molecular complexity index is 615. The smallest absolute Gasteiger partial charge is 0.253 e. The van der Waals surface area contributed by atoms with Gasteiger partial charge in [-0.1, -0.05) is 12.8 Å². The maximum absolute atomic E-state index is 13.2. The first-order valence-corrected chi connectivity index (χ1v) is 9.59. The summed E-state index contributed by atoms with van der Waals surface area (Å²) in [5.74, 6) is -0.310. The Labute approximate surface area is 148 Å². The molecule has 2 aliphatic heterocycles. The molecule has 0 bridgehead atoms. The van der Waals surface area contributed by atoms with Crippen LogP contribution in [0.25, 0.3) is 0 Å². The molecule has 1 saturated carbocycles. The van der Waals surface area contributed by atoms with E-state index in [1.54, 1.807) is 17.0 Å². The fourth-order valence-corrected chi connectivity index (χ4v) is 4.70. The Morgan fingerprint density at radius 1 is 1.04 bits per heavy atom. The molecule has 2 heterocycles. The van der Waals surface area contributed by atoms with Gasteiger partial charge in [0.05, 0.1) is 12.1 Å². The molecule has 1 atom stereocenters. The molecule has 1 aliphatic carbocycles. The molecule has 0 N–H and O–H groups in total. The van der Waals surface area contributed by atoms with Crippen LogP contribution in [0, 0.1) is 5.82 Å². The third-order valence-electron chi connectivity index (χ3n) is 6.16. The number of anilines is 1. The van der Waals surface area contributed by atoms with Crippen molar-refractivity contribution in [2.24, 2.45) is 0 Å². The highest BCUT2D eigenvalue weighted by atomic mass is 19.1. The molecular weight excluding hydrogens is 319 g/mol. The lowest BCUT2D eigenvalue weighted by Crippen LogP contribution is -2.55. The van der Waals surface area contributed by atoms with E-state index in [4.69, 9.17) is 4.74 Å². The second-order valence-electron chi connectivity index (χ2n) is 7.76. The normalized spacial score (nSPS) is 29.3. The maximum Gasteiger partial charge on any atom is 0.253 e. The number of halogens is 1. The first-order chi connectivity index (χ1) is 12.2. The lowest BCUT2D eigenvalue weighted by molar-refractivity contribution is -0.140. The molecule has 4 rings (SSSR count). The van der Waals surface area contributed by atoms with Crippen LogP contribution in [0.5, 0.6) is 0 Å². The minimum Gasteiger partial charge on any atom is -0.363 e. The van der Waals surface area contributed by atoms with E-state index in [0.29, 0.717) is 6.54 Å². The first kappa shape index (κ1) is 17.0. The van der Waals surface area contributed by atoms with E-state index >= 15 is 0 Å². The maximum atomic E-state index is 13.2. The molecule has 25 heavy (non-hydrogen) atoms. The Hall–Kier alpha value is -1.46. The summed E-state index contributed by atoms with van der Waals surface area (Å²) in [7, 11) is 0. The summed E-state index contributed by atoms with van der Waals surface area (Å²) < 4.78 is 19.3. The summed E-state index contributed by atoms with van der Waals surface area (Å²) >= 11 is 0. The van der Waals surface area contributed by atoms with E-state index in [1.165, 1.54) is 37.8 Å². The van der Waals surface area contributed by atoms with Crippen molar-refractivity contribution >= 4 is 11.6 Å². The molecular formula is C20H27FN2O2. The highest BCUT2D eigenvalue weighted by Crippen LogP contribution is 2.35. The van der Waals surface area contributed by atoms with Gasteiger partial charge < -0.3 is 14.5 Å². The molecule has 136 valence electrons. The molecule has 5 heteroatoms. The van der Waals surface area contributed by atoms with E-state index in [1.807, 2.05) is 0 Å². The summed E-state index contributed by atoms with van der Waals surface area (Å²) in [6.07, 6.45) is 8.44. The highest BCUT2D eigenvalue weighted by Gasteiger charge is 2.42. The number of ether oxygens (including phenoxy) is 1. The summed E-state index contributed by atoms with van der Waals surface area (Å²) in [6, 6.07) is 6.95. The molecule has 1 aromatic rings. The van der Waals surface area contributed by atoms with Crippen molar-refractivity contribution in [1.82, 2.24) is 4.90 Å². The molecule has 2 saturated heterocycles. The molecule has 1 unspecified atom stereocenters. The van der Waals surface area contributed by atoms with Crippen molar-refractivity contribution in [3.05, 3.63) is 30.1 Å². The number of hydrogen-bond donors (Lipinski definition) is 0. The van der Waals surface area contributed by atoms with Gasteiger partial charge in [-0.15, -0.1) is 0 Å². The van der Waals surface area contributed by atoms with Crippen LogP contribution in [0.2, 0.25) is 0 Å². The molecule has 4 nitrogen and oxygen atoms in total. The molecule has 3 aliphatic rings. The average molecular weight is 346 g/mol. The fourth-order valence-electron chi connectivity index (χ4n) is 4.70. The standard InChI is InChI=1S/C20H27FN2O2/c21-16-6-8-18(9-7-16)23-15-20(25-14-19(23)24)10-3-12-22(13-11-20)17-4-1-2-5-17/h6-9,17H,1-5,10-15H2. The lowest BCUT2D eigenvalue weighted by atomic mass is 9.92. The number of carbonyl (C=O) groups excluding carboxylic acids is 1. The van der Waals surface area contributed by atoms with Crippen molar-refractivity contribution in [2.45, 2.75) is 56.6 Å². The Balaban J connectivity index is 1.47. The largest absolute Gasteiger partial charge is 0.363 e. The Morgan fingerprint density at radius 2 is 1.80 bits per heavy atom. The Kier molecular flexibility index (Phi) is 4.78. The topological polar surface area (TPSA) is 32.8 Å². The van der Waals surface area contributed by atoms with E-state index in [-0.39, 0.29) is 23.9 Å². The van der Waals surface area contributed by atoms with Crippen LogP contribution in [-0.4, -0.2) is 48.7 Å². The van der Waals surface area contributed by atoms with Crippen LogP contribution in [0.3, 0.4) is 0 Å². The highest BCUT2D eigenvalue weighted by molar-refractivity contribution is 5.95. The van der Waals surface area contributed by atoms with Gasteiger partial charge in [0.2, 0.25) is 0 Å². The van der Waals surface area contributed by atoms with Gasteiger partial charge in [-0.2, -0.15) is 0 Å². The van der Waals surface area contributed by atoms with Crippen LogP contribution in [0.1, 0.15) is 44.9 Å². The predicted molar refractivity (Wildman–Crippen MR) is 95.1 cm³/mol. The van der Waals surface area contributed by atoms with Gasteiger partial charge in [0, 0.05) is 18.3 Å². The minimum atomic E-state index is -0.277. The zero-order valence-electron chi connectivity index (χ0n) is 14.8. The number of carbonyl (C=O) groups is 1. The third kappa shape index (κ3) is 3.58. The van der Waals surface area contributed by atoms with E-state index in [2.05, 4.69) is 4.90 Å². The van der Waals surface area contributed by atoms with Crippen molar-refractivity contribution in [3.8, 4) is 0 Å². The van der Waals surface area contributed by atoms with Gasteiger partial charge in [0.15, 0.2) is 0 Å². The van der Waals surface area contributed by atoms with E-state index in [0.717, 1.165) is 44.1 Å². The van der Waals surface area contributed by atoms with Crippen molar-refractivity contribution in [2.75, 3.05) is 31.1 Å². The molecule has 1 aromatic carbocycles. The number of likely N-dealkylation sites (tertiary alicyclic amines) is 1. The second-order valence-corrected chi connectivity index (χ2v) is 7.76. The van der Waals surface area contributed by atoms with Crippen LogP contribution < -0.4 is 4.90 Å². The van der Waals surface area contributed by atoms with Crippen molar-refractivity contribution in [3.63, 3.8) is 0 Å². The van der Waals surface area contributed by atoms with Gasteiger partial charge in [-0.25, -0.2) is 4.39 Å². The summed E-state index contributed by atoms with van der Waals surface area (Å²) in [5, 5.41) is 0. The molecule has 3 fully saturated rings. The van der Waals surface area contributed by atoms with Crippen LogP contribution >= 0.6 is 0 Å². The third-order valence-corrected chi connectivity index (χ3v) is 6.16. The van der Waals surface area contributed by atoms with Crippen LogP contribution in [0.4, 0.5) is 10.1 Å². The summed E-state index contributed by atoms with van der Waals surface area (Å²) in [6.45, 7) is 2.90. The number of nitrogens with zero attached hydrogens (tertiary/aromatic N) is 2. The molecule has 1 spiro atoms. The second kappa shape index (κ2) is 7.04. The molecule has 0 radical (unpaired) electrons. The number of amides is 1. The van der Waals surface area contributed by atoms with Gasteiger partial charge in [0.25, 0.3) is 5.91 Å². The zero-order valence-corrected chi connectivity index (χ0v) is 14.8. The van der Waals surface area contributed by atoms with Crippen molar-refractivity contribution in [1.29, 1.82) is 0 Å².